The Balaban J connectivity index is 1.95. The van der Waals surface area contributed by atoms with Crippen LogP contribution in [0, 0.1) is 20.2 Å². The van der Waals surface area contributed by atoms with E-state index in [9.17, 15) is 29.8 Å². The molecule has 0 aliphatic carbocycles. The fourth-order valence-corrected chi connectivity index (χ4v) is 2.43. The molecular formula is C17H14ClN5O6. The number of nitro benzene ring substituents is 2. The number of nitrogens with zero attached hydrogens (tertiary/aromatic N) is 3. The SMILES string of the molecule is C/C(CC(=O)Nc1cccc([N+](=O)[O-])c1)=N/NC(=O)c1ccc([N+](=O)[O-])c(Cl)c1. The summed E-state index contributed by atoms with van der Waals surface area (Å²) in [5, 5.41) is 27.6. The van der Waals surface area contributed by atoms with Gasteiger partial charge in [0.05, 0.1) is 16.3 Å². The quantitative estimate of drug-likeness (QED) is 0.398. The first-order chi connectivity index (χ1) is 13.7. The lowest BCUT2D eigenvalue weighted by Crippen LogP contribution is -2.21. The summed E-state index contributed by atoms with van der Waals surface area (Å²) in [6.45, 7) is 1.50. The normalized spacial score (nSPS) is 10.9. The van der Waals surface area contributed by atoms with Crippen molar-refractivity contribution < 1.29 is 19.4 Å². The fourth-order valence-electron chi connectivity index (χ4n) is 2.18. The zero-order chi connectivity index (χ0) is 21.6. The molecule has 0 bridgehead atoms. The van der Waals surface area contributed by atoms with Crippen LogP contribution < -0.4 is 10.7 Å². The third-order valence-electron chi connectivity index (χ3n) is 3.51. The molecule has 0 radical (unpaired) electrons. The van der Waals surface area contributed by atoms with E-state index in [-0.39, 0.29) is 39.8 Å². The Morgan fingerprint density at radius 2 is 1.83 bits per heavy atom. The van der Waals surface area contributed by atoms with Crippen LogP contribution in [0.25, 0.3) is 0 Å². The van der Waals surface area contributed by atoms with Crippen molar-refractivity contribution in [2.75, 3.05) is 5.32 Å². The molecule has 0 unspecified atom stereocenters. The average Bonchev–Trinajstić information content (AvgIpc) is 2.65. The van der Waals surface area contributed by atoms with Crippen molar-refractivity contribution in [1.29, 1.82) is 0 Å². The molecule has 29 heavy (non-hydrogen) atoms. The van der Waals surface area contributed by atoms with Gasteiger partial charge in [-0.2, -0.15) is 5.10 Å². The van der Waals surface area contributed by atoms with Gasteiger partial charge in [0.15, 0.2) is 0 Å². The van der Waals surface area contributed by atoms with Crippen LogP contribution in [0.2, 0.25) is 5.02 Å². The molecule has 2 N–H and O–H groups in total. The highest BCUT2D eigenvalue weighted by Gasteiger charge is 2.15. The molecule has 0 atom stereocenters. The first-order valence-corrected chi connectivity index (χ1v) is 8.37. The van der Waals surface area contributed by atoms with Gasteiger partial charge in [-0.05, 0) is 25.1 Å². The highest BCUT2D eigenvalue weighted by molar-refractivity contribution is 6.33. The van der Waals surface area contributed by atoms with Crippen LogP contribution in [0.15, 0.2) is 47.6 Å². The van der Waals surface area contributed by atoms with Crippen molar-refractivity contribution in [2.24, 2.45) is 5.10 Å². The second-order valence-electron chi connectivity index (χ2n) is 5.74. The Kier molecular flexibility index (Phi) is 6.93. The molecule has 12 heteroatoms. The van der Waals surface area contributed by atoms with Gasteiger partial charge in [0.1, 0.15) is 5.02 Å². The molecule has 0 aliphatic rings. The van der Waals surface area contributed by atoms with Gasteiger partial charge in [-0.15, -0.1) is 0 Å². The number of amides is 2. The summed E-state index contributed by atoms with van der Waals surface area (Å²) < 4.78 is 0. The molecule has 0 aliphatic heterocycles. The molecule has 0 heterocycles. The molecular weight excluding hydrogens is 406 g/mol. The Morgan fingerprint density at radius 3 is 2.45 bits per heavy atom. The highest BCUT2D eigenvalue weighted by Crippen LogP contribution is 2.24. The number of carbonyl (C=O) groups is 2. The van der Waals surface area contributed by atoms with Gasteiger partial charge >= 0.3 is 0 Å². The molecule has 0 fully saturated rings. The zero-order valence-electron chi connectivity index (χ0n) is 14.9. The topological polar surface area (TPSA) is 157 Å². The summed E-state index contributed by atoms with van der Waals surface area (Å²) in [5.41, 5.74) is 2.29. The maximum absolute atomic E-state index is 12.0. The third-order valence-corrected chi connectivity index (χ3v) is 3.81. The predicted molar refractivity (Wildman–Crippen MR) is 105 cm³/mol. The third kappa shape index (κ3) is 6.07. The van der Waals surface area contributed by atoms with Crippen molar-refractivity contribution in [3.63, 3.8) is 0 Å². The second kappa shape index (κ2) is 9.37. The van der Waals surface area contributed by atoms with Gasteiger partial charge in [0, 0.05) is 35.2 Å². The lowest BCUT2D eigenvalue weighted by atomic mass is 10.2. The molecule has 0 spiro atoms. The lowest BCUT2D eigenvalue weighted by molar-refractivity contribution is -0.384. The van der Waals surface area contributed by atoms with Crippen molar-refractivity contribution in [3.05, 3.63) is 73.3 Å². The van der Waals surface area contributed by atoms with E-state index in [1.54, 1.807) is 0 Å². The Hall–Kier alpha value is -3.86. The molecule has 11 nitrogen and oxygen atoms in total. The van der Waals surface area contributed by atoms with Crippen molar-refractivity contribution in [2.45, 2.75) is 13.3 Å². The molecule has 2 rings (SSSR count). The van der Waals surface area contributed by atoms with E-state index in [2.05, 4.69) is 15.8 Å². The maximum atomic E-state index is 12.0. The molecule has 0 saturated heterocycles. The largest absolute Gasteiger partial charge is 0.326 e. The number of hydrazone groups is 1. The number of anilines is 1. The Labute approximate surface area is 168 Å². The van der Waals surface area contributed by atoms with E-state index in [0.29, 0.717) is 0 Å². The predicted octanol–water partition coefficient (Wildman–Crippen LogP) is 3.29. The number of nitro groups is 2. The molecule has 2 aromatic rings. The van der Waals surface area contributed by atoms with Crippen LogP contribution in [-0.2, 0) is 4.79 Å². The van der Waals surface area contributed by atoms with E-state index in [4.69, 9.17) is 11.6 Å². The fraction of sp³-hybridized carbons (Fsp3) is 0.118. The molecule has 2 aromatic carbocycles. The first-order valence-electron chi connectivity index (χ1n) is 7.99. The summed E-state index contributed by atoms with van der Waals surface area (Å²) in [7, 11) is 0. The summed E-state index contributed by atoms with van der Waals surface area (Å²) in [6.07, 6.45) is -0.177. The Morgan fingerprint density at radius 1 is 1.10 bits per heavy atom. The van der Waals surface area contributed by atoms with Gasteiger partial charge < -0.3 is 5.32 Å². The van der Waals surface area contributed by atoms with E-state index in [1.807, 2.05) is 0 Å². The van der Waals surface area contributed by atoms with E-state index in [1.165, 1.54) is 37.3 Å². The monoisotopic (exact) mass is 419 g/mol. The van der Waals surface area contributed by atoms with Gasteiger partial charge in [0.25, 0.3) is 17.3 Å². The van der Waals surface area contributed by atoms with Crippen LogP contribution in [0.5, 0.6) is 0 Å². The minimum Gasteiger partial charge on any atom is -0.326 e. The smallest absolute Gasteiger partial charge is 0.287 e. The van der Waals surface area contributed by atoms with Crippen LogP contribution in [0.1, 0.15) is 23.7 Å². The zero-order valence-corrected chi connectivity index (χ0v) is 15.7. The summed E-state index contributed by atoms with van der Waals surface area (Å²) >= 11 is 5.76. The summed E-state index contributed by atoms with van der Waals surface area (Å²) in [6, 6.07) is 8.89. The van der Waals surface area contributed by atoms with Gasteiger partial charge in [-0.3, -0.25) is 29.8 Å². The van der Waals surface area contributed by atoms with Crippen LogP contribution in [0.4, 0.5) is 17.1 Å². The summed E-state index contributed by atoms with van der Waals surface area (Å²) in [4.78, 5) is 44.3. The molecule has 0 aromatic heterocycles. The number of non-ortho nitro benzene ring substituents is 1. The lowest BCUT2D eigenvalue weighted by Gasteiger charge is -2.06. The first kappa shape index (κ1) is 21.4. The van der Waals surface area contributed by atoms with Gasteiger partial charge in [0.2, 0.25) is 5.91 Å². The standard InChI is InChI=1S/C17H14ClN5O6/c1-10(7-16(24)19-12-3-2-4-13(9-12)22(26)27)20-21-17(25)11-5-6-15(23(28)29)14(18)8-11/h2-6,8-9H,7H2,1H3,(H,19,24)(H,21,25)/b20-10-. The minimum atomic E-state index is -0.674. The number of rotatable bonds is 7. The average molecular weight is 420 g/mol. The van der Waals surface area contributed by atoms with Gasteiger partial charge in [-0.25, -0.2) is 5.43 Å². The van der Waals surface area contributed by atoms with E-state index < -0.39 is 21.7 Å². The maximum Gasteiger partial charge on any atom is 0.287 e. The van der Waals surface area contributed by atoms with E-state index in [0.717, 1.165) is 12.1 Å². The highest BCUT2D eigenvalue weighted by atomic mass is 35.5. The summed E-state index contributed by atoms with van der Waals surface area (Å²) in [5.74, 6) is -1.15. The second-order valence-corrected chi connectivity index (χ2v) is 6.15. The number of carbonyl (C=O) groups excluding carboxylic acids is 2. The van der Waals surface area contributed by atoms with Gasteiger partial charge in [-0.1, -0.05) is 17.7 Å². The van der Waals surface area contributed by atoms with Crippen molar-refractivity contribution in [3.8, 4) is 0 Å². The number of nitrogens with one attached hydrogen (secondary N) is 2. The van der Waals surface area contributed by atoms with Crippen molar-refractivity contribution >= 4 is 46.2 Å². The van der Waals surface area contributed by atoms with E-state index >= 15 is 0 Å². The minimum absolute atomic E-state index is 0.0539. The van der Waals surface area contributed by atoms with Crippen molar-refractivity contribution in [1.82, 2.24) is 5.43 Å². The molecule has 0 saturated carbocycles. The number of benzene rings is 2. The van der Waals surface area contributed by atoms with Crippen LogP contribution in [0.3, 0.4) is 0 Å². The molecule has 2 amide bonds. The number of hydrogen-bond donors (Lipinski definition) is 2. The number of halogens is 1. The van der Waals surface area contributed by atoms with Crippen LogP contribution in [-0.4, -0.2) is 27.4 Å². The molecule has 150 valence electrons. The van der Waals surface area contributed by atoms with Crippen LogP contribution >= 0.6 is 11.6 Å². The number of hydrogen-bond acceptors (Lipinski definition) is 7. The Bertz CT molecular complexity index is 1020.